The molecule has 1 heterocycles. The Morgan fingerprint density at radius 2 is 1.59 bits per heavy atom. The molecule has 0 aliphatic carbocycles. The van der Waals surface area contributed by atoms with Gasteiger partial charge in [0.1, 0.15) is 0 Å². The van der Waals surface area contributed by atoms with Gasteiger partial charge in [0.25, 0.3) is 0 Å². The standard InChI is InChI=1S/C21H23N/c1-4-21(5-2)18-8-6-7-9-19(18)22-20(21)15-14-17-12-10-16(3)11-13-17/h6-15H,4-5H2,1-3H3. The smallest absolute Gasteiger partial charge is 0.0674 e. The van der Waals surface area contributed by atoms with Crippen molar-refractivity contribution in [1.82, 2.24) is 0 Å². The van der Waals surface area contributed by atoms with Gasteiger partial charge >= 0.3 is 0 Å². The molecular formula is C21H23N. The lowest BCUT2D eigenvalue weighted by molar-refractivity contribution is 0.547. The summed E-state index contributed by atoms with van der Waals surface area (Å²) in [7, 11) is 0. The van der Waals surface area contributed by atoms with Crippen molar-refractivity contribution in [2.45, 2.75) is 39.0 Å². The molecule has 0 N–H and O–H groups in total. The first-order chi connectivity index (χ1) is 10.7. The van der Waals surface area contributed by atoms with Crippen molar-refractivity contribution >= 4 is 17.5 Å². The number of aryl methyl sites for hydroxylation is 1. The fraction of sp³-hybridized carbons (Fsp3) is 0.286. The van der Waals surface area contributed by atoms with E-state index in [2.05, 4.69) is 81.5 Å². The molecule has 0 spiro atoms. The minimum Gasteiger partial charge on any atom is -0.252 e. The lowest BCUT2D eigenvalue weighted by atomic mass is 9.73. The first-order valence-corrected chi connectivity index (χ1v) is 8.13. The molecule has 22 heavy (non-hydrogen) atoms. The average molecular weight is 289 g/mol. The van der Waals surface area contributed by atoms with Crippen LogP contribution in [0.1, 0.15) is 43.4 Å². The maximum Gasteiger partial charge on any atom is 0.0674 e. The highest BCUT2D eigenvalue weighted by Crippen LogP contribution is 2.45. The number of aliphatic imine (C=N–C) groups is 1. The van der Waals surface area contributed by atoms with Crippen LogP contribution in [-0.2, 0) is 5.41 Å². The van der Waals surface area contributed by atoms with Gasteiger partial charge in [-0.1, -0.05) is 68.0 Å². The van der Waals surface area contributed by atoms with E-state index in [-0.39, 0.29) is 5.41 Å². The number of rotatable bonds is 4. The average Bonchev–Trinajstić information content (AvgIpc) is 2.88. The van der Waals surface area contributed by atoms with E-state index in [0.717, 1.165) is 18.5 Å². The molecule has 0 saturated heterocycles. The lowest BCUT2D eigenvalue weighted by Gasteiger charge is -2.28. The maximum atomic E-state index is 4.91. The summed E-state index contributed by atoms with van der Waals surface area (Å²) in [5.41, 5.74) is 6.29. The number of nitrogens with zero attached hydrogens (tertiary/aromatic N) is 1. The summed E-state index contributed by atoms with van der Waals surface area (Å²) < 4.78 is 0. The molecule has 0 radical (unpaired) electrons. The lowest BCUT2D eigenvalue weighted by Crippen LogP contribution is -2.30. The SMILES string of the molecule is CCC1(CC)C(C=Cc2ccc(C)cc2)=Nc2ccccc21. The summed E-state index contributed by atoms with van der Waals surface area (Å²) in [6.07, 6.45) is 6.55. The normalized spacial score (nSPS) is 15.9. The molecule has 1 nitrogen and oxygen atoms in total. The molecule has 2 aromatic carbocycles. The number of hydrogen-bond acceptors (Lipinski definition) is 1. The summed E-state index contributed by atoms with van der Waals surface area (Å²) in [6, 6.07) is 17.2. The number of allylic oxidation sites excluding steroid dienone is 1. The number of hydrogen-bond donors (Lipinski definition) is 0. The van der Waals surface area contributed by atoms with Crippen molar-refractivity contribution in [2.75, 3.05) is 0 Å². The topological polar surface area (TPSA) is 12.4 Å². The third kappa shape index (κ3) is 2.41. The summed E-state index contributed by atoms with van der Waals surface area (Å²) in [5.74, 6) is 0. The first kappa shape index (κ1) is 14.8. The zero-order chi connectivity index (χ0) is 15.6. The Bertz CT molecular complexity index is 716. The van der Waals surface area contributed by atoms with E-state index in [9.17, 15) is 0 Å². The van der Waals surface area contributed by atoms with Crippen LogP contribution in [-0.4, -0.2) is 5.71 Å². The highest BCUT2D eigenvalue weighted by molar-refractivity contribution is 6.10. The Morgan fingerprint density at radius 3 is 2.27 bits per heavy atom. The van der Waals surface area contributed by atoms with E-state index < -0.39 is 0 Å². The predicted molar refractivity (Wildman–Crippen MR) is 96.0 cm³/mol. The summed E-state index contributed by atoms with van der Waals surface area (Å²) >= 11 is 0. The molecule has 0 aromatic heterocycles. The largest absolute Gasteiger partial charge is 0.252 e. The van der Waals surface area contributed by atoms with Crippen LogP contribution < -0.4 is 0 Å². The minimum atomic E-state index is 0.0673. The van der Waals surface area contributed by atoms with Crippen LogP contribution >= 0.6 is 0 Å². The van der Waals surface area contributed by atoms with Crippen molar-refractivity contribution in [3.05, 3.63) is 71.3 Å². The maximum absolute atomic E-state index is 4.91. The van der Waals surface area contributed by atoms with E-state index in [1.807, 2.05) is 0 Å². The Hall–Kier alpha value is -2.15. The fourth-order valence-corrected chi connectivity index (χ4v) is 3.39. The third-order valence-corrected chi connectivity index (χ3v) is 4.87. The van der Waals surface area contributed by atoms with Crippen LogP contribution in [0.4, 0.5) is 5.69 Å². The highest BCUT2D eigenvalue weighted by Gasteiger charge is 2.38. The molecule has 0 unspecified atom stereocenters. The van der Waals surface area contributed by atoms with Crippen LogP contribution in [0.15, 0.2) is 59.6 Å². The monoisotopic (exact) mass is 289 g/mol. The molecule has 0 amide bonds. The quantitative estimate of drug-likeness (QED) is 0.669. The Kier molecular flexibility index (Phi) is 3.98. The molecule has 112 valence electrons. The van der Waals surface area contributed by atoms with Crippen LogP contribution in [0, 0.1) is 6.92 Å². The molecule has 2 aromatic rings. The van der Waals surface area contributed by atoms with Gasteiger partial charge < -0.3 is 0 Å². The predicted octanol–water partition coefficient (Wildman–Crippen LogP) is 5.85. The number of benzene rings is 2. The zero-order valence-corrected chi connectivity index (χ0v) is 13.6. The summed E-state index contributed by atoms with van der Waals surface area (Å²) in [4.78, 5) is 4.91. The van der Waals surface area contributed by atoms with Gasteiger partial charge in [0.15, 0.2) is 0 Å². The molecule has 1 aliphatic rings. The highest BCUT2D eigenvalue weighted by atomic mass is 14.8. The van der Waals surface area contributed by atoms with E-state index in [1.54, 1.807) is 0 Å². The van der Waals surface area contributed by atoms with Crippen LogP contribution in [0.5, 0.6) is 0 Å². The molecular weight excluding hydrogens is 266 g/mol. The van der Waals surface area contributed by atoms with Gasteiger partial charge in [-0.05, 0) is 43.0 Å². The van der Waals surface area contributed by atoms with E-state index in [0.29, 0.717) is 0 Å². The molecule has 1 heteroatoms. The molecule has 1 aliphatic heterocycles. The van der Waals surface area contributed by atoms with Crippen molar-refractivity contribution in [2.24, 2.45) is 4.99 Å². The molecule has 3 rings (SSSR count). The number of fused-ring (bicyclic) bond motifs is 1. The van der Waals surface area contributed by atoms with Crippen molar-refractivity contribution in [1.29, 1.82) is 0 Å². The van der Waals surface area contributed by atoms with Gasteiger partial charge in [-0.15, -0.1) is 0 Å². The Balaban J connectivity index is 1.98. The second kappa shape index (κ2) is 5.92. The van der Waals surface area contributed by atoms with Gasteiger partial charge in [0.05, 0.1) is 11.4 Å². The van der Waals surface area contributed by atoms with Gasteiger partial charge in [-0.3, -0.25) is 4.99 Å². The van der Waals surface area contributed by atoms with Crippen molar-refractivity contribution in [3.8, 4) is 0 Å². The molecule has 0 saturated carbocycles. The molecule has 0 atom stereocenters. The van der Waals surface area contributed by atoms with Gasteiger partial charge in [0, 0.05) is 5.41 Å². The van der Waals surface area contributed by atoms with Crippen molar-refractivity contribution < 1.29 is 0 Å². The van der Waals surface area contributed by atoms with Crippen LogP contribution in [0.2, 0.25) is 0 Å². The van der Waals surface area contributed by atoms with Crippen LogP contribution in [0.3, 0.4) is 0 Å². The minimum absolute atomic E-state index is 0.0673. The Labute approximate surface area is 133 Å². The molecule has 0 fully saturated rings. The van der Waals surface area contributed by atoms with Crippen LogP contribution in [0.25, 0.3) is 6.08 Å². The Morgan fingerprint density at radius 1 is 0.909 bits per heavy atom. The second-order valence-corrected chi connectivity index (χ2v) is 6.05. The summed E-state index contributed by atoms with van der Waals surface area (Å²) in [6.45, 7) is 6.64. The van der Waals surface area contributed by atoms with Gasteiger partial charge in [0.2, 0.25) is 0 Å². The number of para-hydroxylation sites is 1. The summed E-state index contributed by atoms with van der Waals surface area (Å²) in [5, 5.41) is 0. The van der Waals surface area contributed by atoms with E-state index in [1.165, 1.54) is 22.4 Å². The van der Waals surface area contributed by atoms with E-state index >= 15 is 0 Å². The van der Waals surface area contributed by atoms with E-state index in [4.69, 9.17) is 4.99 Å². The zero-order valence-electron chi connectivity index (χ0n) is 13.6. The molecule has 0 bridgehead atoms. The third-order valence-electron chi connectivity index (χ3n) is 4.87. The van der Waals surface area contributed by atoms with Gasteiger partial charge in [-0.2, -0.15) is 0 Å². The fourth-order valence-electron chi connectivity index (χ4n) is 3.39. The first-order valence-electron chi connectivity index (χ1n) is 8.13. The second-order valence-electron chi connectivity index (χ2n) is 6.05. The van der Waals surface area contributed by atoms with Crippen molar-refractivity contribution in [3.63, 3.8) is 0 Å². The van der Waals surface area contributed by atoms with Gasteiger partial charge in [-0.25, -0.2) is 0 Å².